The summed E-state index contributed by atoms with van der Waals surface area (Å²) in [6.45, 7) is 4.62. The molecule has 6 heterocycles. The number of nitrogens with zero attached hydrogens (tertiary/aromatic N) is 1. The Bertz CT molecular complexity index is 2760. The highest BCUT2D eigenvalue weighted by atomic mass is 19.1. The van der Waals surface area contributed by atoms with Gasteiger partial charge in [0.2, 0.25) is 0 Å². The SMILES string of the molecule is C1CCNCC1.O=C=O.O=C=O.O=c1oc2cc(F)ccc2cc1-c1cc2ccccc2o1.O=c1oc2cc(N3CCCCC3)ccc2cc1-c1cc2ccccc2o1. The molecule has 12 nitrogen and oxygen atoms in total. The quantitative estimate of drug-likeness (QED) is 0.168. The minimum Gasteiger partial charge on any atom is -0.456 e. The van der Waals surface area contributed by atoms with Crippen LogP contribution in [-0.4, -0.2) is 38.5 Å². The van der Waals surface area contributed by atoms with Gasteiger partial charge in [0.1, 0.15) is 50.8 Å². The molecule has 13 heteroatoms. The van der Waals surface area contributed by atoms with Crippen LogP contribution < -0.4 is 21.5 Å². The molecule has 4 aromatic heterocycles. The number of rotatable bonds is 3. The Labute approximate surface area is 335 Å². The normalized spacial score (nSPS) is 13.3. The van der Waals surface area contributed by atoms with Gasteiger partial charge in [0, 0.05) is 52.5 Å². The van der Waals surface area contributed by atoms with E-state index in [4.69, 9.17) is 36.8 Å². The second-order valence-corrected chi connectivity index (χ2v) is 13.6. The van der Waals surface area contributed by atoms with Gasteiger partial charge in [0.15, 0.2) is 0 Å². The fraction of sp³-hybridized carbons (Fsp3) is 0.217. The summed E-state index contributed by atoms with van der Waals surface area (Å²) in [7, 11) is 0. The Hall–Kier alpha value is -7.17. The number of fused-ring (bicyclic) bond motifs is 4. The molecule has 0 unspecified atom stereocenters. The third-order valence-electron chi connectivity index (χ3n) is 9.73. The van der Waals surface area contributed by atoms with Gasteiger partial charge in [0.25, 0.3) is 0 Å². The van der Waals surface area contributed by atoms with Gasteiger partial charge in [-0.1, -0.05) is 42.8 Å². The van der Waals surface area contributed by atoms with E-state index < -0.39 is 11.4 Å². The van der Waals surface area contributed by atoms with E-state index in [0.29, 0.717) is 39.2 Å². The minimum absolute atomic E-state index is 0.222. The number of piperidine rings is 2. The minimum atomic E-state index is -0.549. The molecule has 10 rings (SSSR count). The molecule has 4 aromatic carbocycles. The van der Waals surface area contributed by atoms with E-state index in [1.165, 1.54) is 63.7 Å². The molecule has 2 fully saturated rings. The van der Waals surface area contributed by atoms with Crippen LogP contribution in [0.4, 0.5) is 10.1 Å². The monoisotopic (exact) mass is 798 g/mol. The van der Waals surface area contributed by atoms with Crippen LogP contribution in [0.5, 0.6) is 0 Å². The first-order chi connectivity index (χ1) is 28.8. The number of halogens is 1. The topological polar surface area (TPSA) is 170 Å². The Morgan fingerprint density at radius 3 is 1.42 bits per heavy atom. The molecular formula is C46H39FN2O10. The molecule has 0 spiro atoms. The van der Waals surface area contributed by atoms with Crippen molar-refractivity contribution in [2.75, 3.05) is 31.1 Å². The summed E-state index contributed by atoms with van der Waals surface area (Å²) >= 11 is 0. The Balaban J connectivity index is 0.000000158. The first-order valence-corrected chi connectivity index (χ1v) is 19.1. The molecule has 0 bridgehead atoms. The largest absolute Gasteiger partial charge is 0.456 e. The lowest BCUT2D eigenvalue weighted by molar-refractivity contribution is -0.193. The van der Waals surface area contributed by atoms with Crippen molar-refractivity contribution in [3.63, 3.8) is 0 Å². The Kier molecular flexibility index (Phi) is 14.3. The summed E-state index contributed by atoms with van der Waals surface area (Å²) in [5.74, 6) is 0.542. The van der Waals surface area contributed by atoms with Crippen LogP contribution in [0, 0.1) is 5.82 Å². The zero-order valence-electron chi connectivity index (χ0n) is 31.9. The smallest absolute Gasteiger partial charge is 0.373 e. The number of para-hydroxylation sites is 2. The van der Waals surface area contributed by atoms with E-state index >= 15 is 0 Å². The Morgan fingerprint density at radius 1 is 0.492 bits per heavy atom. The van der Waals surface area contributed by atoms with Crippen molar-refractivity contribution in [1.29, 1.82) is 0 Å². The van der Waals surface area contributed by atoms with Gasteiger partial charge in [-0.2, -0.15) is 19.2 Å². The van der Waals surface area contributed by atoms with Gasteiger partial charge in [-0.05, 0) is 106 Å². The van der Waals surface area contributed by atoms with E-state index in [1.807, 2.05) is 72.8 Å². The lowest BCUT2D eigenvalue weighted by Gasteiger charge is -2.28. The van der Waals surface area contributed by atoms with E-state index in [-0.39, 0.29) is 23.5 Å². The van der Waals surface area contributed by atoms with Crippen molar-refractivity contribution in [3.8, 4) is 22.6 Å². The number of carbonyl (C=O) groups excluding carboxylic acids is 4. The molecular weight excluding hydrogens is 760 g/mol. The predicted molar refractivity (Wildman–Crippen MR) is 218 cm³/mol. The zero-order valence-corrected chi connectivity index (χ0v) is 31.9. The van der Waals surface area contributed by atoms with Crippen molar-refractivity contribution < 1.29 is 41.2 Å². The first-order valence-electron chi connectivity index (χ1n) is 19.1. The number of benzene rings is 4. The molecule has 2 saturated heterocycles. The number of furan rings is 2. The van der Waals surface area contributed by atoms with Crippen molar-refractivity contribution in [2.24, 2.45) is 0 Å². The van der Waals surface area contributed by atoms with Gasteiger partial charge in [0.05, 0.1) is 0 Å². The van der Waals surface area contributed by atoms with Crippen LogP contribution in [0.3, 0.4) is 0 Å². The van der Waals surface area contributed by atoms with Gasteiger partial charge in [-0.3, -0.25) is 0 Å². The zero-order chi connectivity index (χ0) is 41.6. The maximum absolute atomic E-state index is 13.2. The summed E-state index contributed by atoms with van der Waals surface area (Å²) in [6.07, 6.45) is 8.44. The Morgan fingerprint density at radius 2 is 0.949 bits per heavy atom. The average molecular weight is 799 g/mol. The lowest BCUT2D eigenvalue weighted by atomic mass is 10.1. The number of hydrogen-bond acceptors (Lipinski definition) is 12. The fourth-order valence-electron chi connectivity index (χ4n) is 6.91. The number of hydrogen-bond donors (Lipinski definition) is 1. The van der Waals surface area contributed by atoms with Crippen molar-refractivity contribution in [3.05, 3.63) is 136 Å². The van der Waals surface area contributed by atoms with Gasteiger partial charge in [-0.25, -0.2) is 14.0 Å². The molecule has 0 amide bonds. The van der Waals surface area contributed by atoms with E-state index in [2.05, 4.69) is 16.3 Å². The average Bonchev–Trinajstić information content (AvgIpc) is 3.90. The number of nitrogens with one attached hydrogen (secondary N) is 1. The molecule has 2 aliphatic rings. The van der Waals surface area contributed by atoms with Crippen molar-refractivity contribution in [2.45, 2.75) is 38.5 Å². The van der Waals surface area contributed by atoms with E-state index in [0.717, 1.165) is 40.5 Å². The summed E-state index contributed by atoms with van der Waals surface area (Å²) in [5.41, 5.74) is 3.30. The summed E-state index contributed by atoms with van der Waals surface area (Å²) in [6, 6.07) is 32.6. The highest BCUT2D eigenvalue weighted by Crippen LogP contribution is 2.31. The summed E-state index contributed by atoms with van der Waals surface area (Å²) in [4.78, 5) is 59.5. The van der Waals surface area contributed by atoms with Gasteiger partial charge < -0.3 is 27.9 Å². The van der Waals surface area contributed by atoms with Crippen LogP contribution in [0.1, 0.15) is 38.5 Å². The molecule has 300 valence electrons. The molecule has 0 radical (unpaired) electrons. The van der Waals surface area contributed by atoms with Crippen LogP contribution >= 0.6 is 0 Å². The van der Waals surface area contributed by atoms with Crippen LogP contribution in [0.15, 0.2) is 136 Å². The molecule has 8 aromatic rings. The predicted octanol–water partition coefficient (Wildman–Crippen LogP) is 9.13. The van der Waals surface area contributed by atoms with Crippen LogP contribution in [-0.2, 0) is 19.2 Å². The van der Waals surface area contributed by atoms with Gasteiger partial charge >= 0.3 is 23.6 Å². The van der Waals surface area contributed by atoms with E-state index in [9.17, 15) is 14.0 Å². The molecule has 0 saturated carbocycles. The highest BCUT2D eigenvalue weighted by molar-refractivity contribution is 5.88. The maximum atomic E-state index is 13.2. The second kappa shape index (κ2) is 20.3. The summed E-state index contributed by atoms with van der Waals surface area (Å²) < 4.78 is 35.5. The van der Waals surface area contributed by atoms with Crippen molar-refractivity contribution in [1.82, 2.24) is 5.32 Å². The molecule has 1 N–H and O–H groups in total. The molecule has 2 aliphatic heterocycles. The van der Waals surface area contributed by atoms with E-state index in [1.54, 1.807) is 18.2 Å². The molecule has 59 heavy (non-hydrogen) atoms. The fourth-order valence-corrected chi connectivity index (χ4v) is 6.91. The van der Waals surface area contributed by atoms with Crippen molar-refractivity contribution >= 4 is 61.9 Å². The third kappa shape index (κ3) is 10.6. The molecule has 0 atom stereocenters. The lowest BCUT2D eigenvalue weighted by Crippen LogP contribution is -2.29. The van der Waals surface area contributed by atoms with Gasteiger partial charge in [-0.15, -0.1) is 0 Å². The second-order valence-electron chi connectivity index (χ2n) is 13.6. The summed E-state index contributed by atoms with van der Waals surface area (Å²) in [5, 5.41) is 6.72. The van der Waals surface area contributed by atoms with Crippen LogP contribution in [0.2, 0.25) is 0 Å². The van der Waals surface area contributed by atoms with Crippen LogP contribution in [0.25, 0.3) is 66.5 Å². The first kappa shape index (κ1) is 41.5. The molecule has 0 aliphatic carbocycles. The highest BCUT2D eigenvalue weighted by Gasteiger charge is 2.16. The third-order valence-corrected chi connectivity index (χ3v) is 9.73. The maximum Gasteiger partial charge on any atom is 0.373 e. The number of anilines is 1. The standard InChI is InChI=1S/C22H19NO3.C17H9FO3.C5H11N.2CO2/c24-22-18(21-13-15-6-2-3-7-19(15)25-21)12-16-8-9-17(14-20(16)26-22)23-10-4-1-5-11-23;18-12-6-5-11-7-13(17(19)21-15(11)9-12)16-8-10-3-1-2-4-14(10)20-16;1-2-4-6-5-3-1;2*2-1-3/h2-3,6-9,12-14H,1,4-5,10-11H2;1-9H;6H,1-5H2;;.